The lowest BCUT2D eigenvalue weighted by Crippen LogP contribution is -2.11. The van der Waals surface area contributed by atoms with Crippen molar-refractivity contribution < 1.29 is 0 Å². The lowest BCUT2D eigenvalue weighted by atomic mass is 9.83. The molecule has 0 N–H and O–H groups in total. The van der Waals surface area contributed by atoms with Crippen LogP contribution in [0.15, 0.2) is 97.1 Å². The van der Waals surface area contributed by atoms with E-state index in [-0.39, 0.29) is 21.7 Å². The molecule has 4 heterocycles. The van der Waals surface area contributed by atoms with Crippen LogP contribution in [0.25, 0.3) is 109 Å². The summed E-state index contributed by atoms with van der Waals surface area (Å²) in [7, 11) is 0. The second-order valence-electron chi connectivity index (χ2n) is 21.9. The molecular formula is C56H52N2. The SMILES string of the molecule is CC(C)(C)c1ccc2c(c1)c1cc(C(C)(C)C)cc3c4c5ccc6c7c(ccc(cc4n2c13)c57)cc1c6c2cc(C(C)(C)C)cc3c4cc(C(C)(C)C)ccc4n1c32. The first-order valence-corrected chi connectivity index (χ1v) is 21.4. The van der Waals surface area contributed by atoms with Crippen molar-refractivity contribution in [1.29, 1.82) is 0 Å². The molecule has 0 unspecified atom stereocenters. The summed E-state index contributed by atoms with van der Waals surface area (Å²) in [5.74, 6) is 0. The van der Waals surface area contributed by atoms with E-state index in [1.54, 1.807) is 0 Å². The fraction of sp³-hybridized carbons (Fsp3) is 0.286. The van der Waals surface area contributed by atoms with Gasteiger partial charge in [-0.25, -0.2) is 0 Å². The van der Waals surface area contributed by atoms with Crippen molar-refractivity contribution in [3.05, 3.63) is 119 Å². The summed E-state index contributed by atoms with van der Waals surface area (Å²) in [6, 6.07) is 39.1. The molecule has 58 heavy (non-hydrogen) atoms. The van der Waals surface area contributed by atoms with Crippen molar-refractivity contribution in [1.82, 2.24) is 8.80 Å². The Morgan fingerprint density at radius 3 is 0.983 bits per heavy atom. The highest BCUT2D eigenvalue weighted by molar-refractivity contribution is 6.40. The summed E-state index contributed by atoms with van der Waals surface area (Å²) in [5, 5.41) is 19.0. The van der Waals surface area contributed by atoms with Gasteiger partial charge >= 0.3 is 0 Å². The molecule has 0 atom stereocenters. The van der Waals surface area contributed by atoms with Crippen LogP contribution in [-0.2, 0) is 21.7 Å². The monoisotopic (exact) mass is 752 g/mol. The highest BCUT2D eigenvalue weighted by Gasteiger charge is 2.29. The fourth-order valence-corrected chi connectivity index (χ4v) is 10.8. The Morgan fingerprint density at radius 1 is 0.276 bits per heavy atom. The van der Waals surface area contributed by atoms with Crippen LogP contribution in [0.1, 0.15) is 105 Å². The zero-order valence-electron chi connectivity index (χ0n) is 36.1. The van der Waals surface area contributed by atoms with Crippen LogP contribution in [0.4, 0.5) is 0 Å². The average Bonchev–Trinajstić information content (AvgIpc) is 3.87. The number of hydrogen-bond donors (Lipinski definition) is 0. The van der Waals surface area contributed by atoms with Crippen molar-refractivity contribution in [2.45, 2.75) is 105 Å². The van der Waals surface area contributed by atoms with Gasteiger partial charge < -0.3 is 8.80 Å². The molecule has 12 aromatic rings. The van der Waals surface area contributed by atoms with Gasteiger partial charge in [0.15, 0.2) is 0 Å². The van der Waals surface area contributed by atoms with E-state index in [0.717, 1.165) is 0 Å². The van der Waals surface area contributed by atoms with E-state index in [0.29, 0.717) is 0 Å². The Balaban J connectivity index is 1.26. The predicted molar refractivity (Wildman–Crippen MR) is 254 cm³/mol. The quantitative estimate of drug-likeness (QED) is 0.136. The number of aromatic nitrogens is 2. The van der Waals surface area contributed by atoms with Crippen LogP contribution in [0.2, 0.25) is 0 Å². The van der Waals surface area contributed by atoms with Gasteiger partial charge in [-0.05, 0) is 137 Å². The first kappa shape index (κ1) is 34.4. The lowest BCUT2D eigenvalue weighted by molar-refractivity contribution is 0.590. The van der Waals surface area contributed by atoms with Gasteiger partial charge in [0.1, 0.15) is 0 Å². The minimum absolute atomic E-state index is 0.00971. The number of nitrogens with zero attached hydrogens (tertiary/aromatic N) is 2. The molecule has 2 heteroatoms. The summed E-state index contributed by atoms with van der Waals surface area (Å²) in [6.45, 7) is 28.1. The molecule has 8 aromatic carbocycles. The Hall–Kier alpha value is -5.60. The minimum Gasteiger partial charge on any atom is -0.308 e. The summed E-state index contributed by atoms with van der Waals surface area (Å²) in [6.07, 6.45) is 0. The lowest BCUT2D eigenvalue weighted by Gasteiger charge is -2.21. The third-order valence-corrected chi connectivity index (χ3v) is 14.1. The summed E-state index contributed by atoms with van der Waals surface area (Å²) in [4.78, 5) is 0. The van der Waals surface area contributed by atoms with Crippen LogP contribution in [0, 0.1) is 0 Å². The van der Waals surface area contributed by atoms with E-state index in [9.17, 15) is 0 Å². The minimum atomic E-state index is 0.00971. The number of benzene rings is 8. The molecule has 0 amide bonds. The second kappa shape index (κ2) is 10.3. The van der Waals surface area contributed by atoms with Crippen LogP contribution in [-0.4, -0.2) is 8.80 Å². The van der Waals surface area contributed by atoms with Gasteiger partial charge in [-0.15, -0.1) is 0 Å². The average molecular weight is 753 g/mol. The highest BCUT2D eigenvalue weighted by Crippen LogP contribution is 2.51. The Bertz CT molecular complexity index is 3490. The molecule has 286 valence electrons. The third-order valence-electron chi connectivity index (χ3n) is 14.1. The summed E-state index contributed by atoms with van der Waals surface area (Å²) >= 11 is 0. The molecule has 0 aliphatic carbocycles. The maximum atomic E-state index is 2.58. The van der Waals surface area contributed by atoms with Crippen molar-refractivity contribution in [2.75, 3.05) is 0 Å². The zero-order valence-corrected chi connectivity index (χ0v) is 36.1. The Labute approximate surface area is 340 Å². The van der Waals surface area contributed by atoms with Crippen LogP contribution < -0.4 is 0 Å². The van der Waals surface area contributed by atoms with Gasteiger partial charge in [0.05, 0.1) is 33.1 Å². The van der Waals surface area contributed by atoms with Gasteiger partial charge in [-0.3, -0.25) is 0 Å². The molecule has 0 saturated carbocycles. The van der Waals surface area contributed by atoms with Gasteiger partial charge in [0, 0.05) is 43.1 Å². The van der Waals surface area contributed by atoms with E-state index in [4.69, 9.17) is 0 Å². The molecule has 0 saturated heterocycles. The molecular weight excluding hydrogens is 701 g/mol. The first-order valence-electron chi connectivity index (χ1n) is 21.4. The second-order valence-corrected chi connectivity index (χ2v) is 21.9. The Kier molecular flexibility index (Phi) is 6.14. The van der Waals surface area contributed by atoms with Crippen molar-refractivity contribution >= 4 is 109 Å². The molecule has 0 radical (unpaired) electrons. The predicted octanol–water partition coefficient (Wildman–Crippen LogP) is 16.1. The molecule has 2 nitrogen and oxygen atoms in total. The molecule has 0 bridgehead atoms. The van der Waals surface area contributed by atoms with Gasteiger partial charge in [0.2, 0.25) is 0 Å². The molecule has 4 aromatic heterocycles. The van der Waals surface area contributed by atoms with E-state index in [2.05, 4.69) is 189 Å². The molecule has 0 spiro atoms. The number of rotatable bonds is 0. The maximum absolute atomic E-state index is 2.58. The van der Waals surface area contributed by atoms with Crippen LogP contribution in [0.5, 0.6) is 0 Å². The van der Waals surface area contributed by atoms with E-state index < -0.39 is 0 Å². The molecule has 0 aliphatic heterocycles. The Morgan fingerprint density at radius 2 is 0.621 bits per heavy atom. The van der Waals surface area contributed by atoms with Gasteiger partial charge in [0.25, 0.3) is 0 Å². The van der Waals surface area contributed by atoms with Gasteiger partial charge in [-0.2, -0.15) is 0 Å². The van der Waals surface area contributed by atoms with E-state index in [1.807, 2.05) is 0 Å². The highest BCUT2D eigenvalue weighted by atomic mass is 14.9. The largest absolute Gasteiger partial charge is 0.308 e. The smallest absolute Gasteiger partial charge is 0.0620 e. The summed E-state index contributed by atoms with van der Waals surface area (Å²) in [5.41, 5.74) is 13.6. The standard InChI is InChI=1S/C56H52N2/c1-53(2,3)31-15-19-43-37(23-31)39-25-33(55(7,8)9)27-41-49-35-17-18-36-48-30(14-13-29(47(35)48)21-45(49)57(43)51(39)41)22-46-50(36)42-28-34(56(10,11)12)26-40-38-24-32(54(4,5)6)16-20-44(38)58(46)52(40)42/h13-28H,1-12H3. The summed E-state index contributed by atoms with van der Waals surface area (Å²) < 4.78 is 5.16. The van der Waals surface area contributed by atoms with Crippen LogP contribution >= 0.6 is 0 Å². The van der Waals surface area contributed by atoms with E-state index >= 15 is 0 Å². The van der Waals surface area contributed by atoms with E-state index in [1.165, 1.54) is 131 Å². The first-order chi connectivity index (χ1) is 27.3. The van der Waals surface area contributed by atoms with Crippen LogP contribution in [0.3, 0.4) is 0 Å². The van der Waals surface area contributed by atoms with Crippen molar-refractivity contribution in [2.24, 2.45) is 0 Å². The number of hydrogen-bond acceptors (Lipinski definition) is 0. The number of fused-ring (bicyclic) bond motifs is 14. The van der Waals surface area contributed by atoms with Gasteiger partial charge in [-0.1, -0.05) is 119 Å². The molecule has 0 fully saturated rings. The molecule has 12 rings (SSSR count). The molecule has 0 aliphatic rings. The topological polar surface area (TPSA) is 8.82 Å². The van der Waals surface area contributed by atoms with Crippen molar-refractivity contribution in [3.8, 4) is 0 Å². The fourth-order valence-electron chi connectivity index (χ4n) is 10.8. The third kappa shape index (κ3) is 4.24. The van der Waals surface area contributed by atoms with Crippen molar-refractivity contribution in [3.63, 3.8) is 0 Å². The zero-order chi connectivity index (χ0) is 40.3. The maximum Gasteiger partial charge on any atom is 0.0620 e. The normalized spacial score (nSPS) is 14.2.